The van der Waals surface area contributed by atoms with Gasteiger partial charge in [-0.3, -0.25) is 9.78 Å². The number of pyridine rings is 1. The van der Waals surface area contributed by atoms with E-state index in [4.69, 9.17) is 9.72 Å². The molecule has 11 heteroatoms. The molecule has 1 aliphatic rings. The Morgan fingerprint density at radius 2 is 2.05 bits per heavy atom. The molecule has 0 radical (unpaired) electrons. The van der Waals surface area contributed by atoms with Crippen molar-refractivity contribution >= 4 is 16.9 Å². The van der Waals surface area contributed by atoms with Gasteiger partial charge in [-0.15, -0.1) is 10.2 Å². The molecule has 38 heavy (non-hydrogen) atoms. The van der Waals surface area contributed by atoms with Crippen molar-refractivity contribution in [2.75, 3.05) is 20.1 Å². The number of aromatic amines is 1. The van der Waals surface area contributed by atoms with E-state index >= 15 is 0 Å². The van der Waals surface area contributed by atoms with Gasteiger partial charge in [-0.1, -0.05) is 6.07 Å². The molecule has 1 saturated heterocycles. The van der Waals surface area contributed by atoms with Crippen LogP contribution in [0, 0.1) is 0 Å². The van der Waals surface area contributed by atoms with Crippen molar-refractivity contribution in [2.24, 2.45) is 7.05 Å². The van der Waals surface area contributed by atoms with Gasteiger partial charge in [0, 0.05) is 29.9 Å². The minimum atomic E-state index is -0.0973. The number of aryl methyl sites for hydroxylation is 1. The van der Waals surface area contributed by atoms with Gasteiger partial charge in [0.25, 0.3) is 0 Å². The Hall–Kier alpha value is -4.64. The molecule has 2 N–H and O–H groups in total. The van der Waals surface area contributed by atoms with E-state index in [0.29, 0.717) is 36.2 Å². The molecular weight excluding hydrogens is 482 g/mol. The first-order valence-electron chi connectivity index (χ1n) is 12.5. The van der Waals surface area contributed by atoms with Gasteiger partial charge in [0.1, 0.15) is 17.2 Å². The van der Waals surface area contributed by atoms with Crippen molar-refractivity contribution < 1.29 is 9.53 Å². The highest BCUT2D eigenvalue weighted by atomic mass is 16.5. The van der Waals surface area contributed by atoms with E-state index < -0.39 is 0 Å². The average Bonchev–Trinajstić information content (AvgIpc) is 3.69. The first kappa shape index (κ1) is 23.7. The van der Waals surface area contributed by atoms with Crippen LogP contribution in [0.25, 0.3) is 33.9 Å². The summed E-state index contributed by atoms with van der Waals surface area (Å²) in [7, 11) is 3.51. The Morgan fingerprint density at radius 1 is 1.18 bits per heavy atom. The molecule has 0 aliphatic carbocycles. The van der Waals surface area contributed by atoms with Crippen LogP contribution in [-0.4, -0.2) is 66.1 Å². The minimum Gasteiger partial charge on any atom is -0.457 e. The summed E-state index contributed by atoms with van der Waals surface area (Å²) in [5.41, 5.74) is 4.16. The highest BCUT2D eigenvalue weighted by molar-refractivity contribution is 5.83. The fourth-order valence-electron chi connectivity index (χ4n) is 4.87. The van der Waals surface area contributed by atoms with Crippen LogP contribution in [-0.2, 0) is 11.8 Å². The van der Waals surface area contributed by atoms with E-state index in [1.54, 1.807) is 20.3 Å². The first-order chi connectivity index (χ1) is 18.6. The SMILES string of the molecule is CNCC(=O)N1CCCC1c1cc2[nH]c(-c3ccccn3)nc2cc1Oc1ccc(-c2nnn(C)n2)cc1. The summed E-state index contributed by atoms with van der Waals surface area (Å²) in [5.74, 6) is 2.62. The summed E-state index contributed by atoms with van der Waals surface area (Å²) in [4.78, 5) is 28.9. The van der Waals surface area contributed by atoms with Crippen LogP contribution in [0.3, 0.4) is 0 Å². The lowest BCUT2D eigenvalue weighted by Crippen LogP contribution is -2.36. The van der Waals surface area contributed by atoms with Crippen molar-refractivity contribution in [1.82, 2.24) is 45.4 Å². The number of tetrazole rings is 1. The highest BCUT2D eigenvalue weighted by Gasteiger charge is 2.32. The summed E-state index contributed by atoms with van der Waals surface area (Å²) >= 11 is 0. The maximum atomic E-state index is 12.9. The number of fused-ring (bicyclic) bond motifs is 1. The number of aromatic nitrogens is 7. The zero-order valence-electron chi connectivity index (χ0n) is 21.1. The van der Waals surface area contributed by atoms with Crippen molar-refractivity contribution in [3.8, 4) is 34.4 Å². The molecule has 2 aromatic carbocycles. The van der Waals surface area contributed by atoms with E-state index in [0.717, 1.165) is 40.7 Å². The van der Waals surface area contributed by atoms with Crippen LogP contribution in [0.2, 0.25) is 0 Å². The number of hydrogen-bond acceptors (Lipinski definition) is 8. The van der Waals surface area contributed by atoms with Gasteiger partial charge in [0.15, 0.2) is 5.82 Å². The standard InChI is InChI=1S/C27H27N9O2/c1-28-16-25(37)36-13-5-7-23(36)19-14-21-22(31-27(30-21)20-6-3-4-12-29-20)15-24(19)38-18-10-8-17(9-11-18)26-32-34-35(2)33-26/h3-4,6,8-12,14-15,23,28H,5,7,13,16H2,1-2H3,(H,30,31). The van der Waals surface area contributed by atoms with Gasteiger partial charge in [0.2, 0.25) is 11.7 Å². The molecule has 11 nitrogen and oxygen atoms in total. The number of imidazole rings is 1. The first-order valence-corrected chi connectivity index (χ1v) is 12.5. The maximum Gasteiger partial charge on any atom is 0.237 e. The van der Waals surface area contributed by atoms with Crippen LogP contribution in [0.5, 0.6) is 11.5 Å². The van der Waals surface area contributed by atoms with E-state index in [1.807, 2.05) is 53.4 Å². The molecule has 192 valence electrons. The smallest absolute Gasteiger partial charge is 0.237 e. The third kappa shape index (κ3) is 4.59. The zero-order chi connectivity index (χ0) is 26.1. The van der Waals surface area contributed by atoms with Crippen molar-refractivity contribution in [2.45, 2.75) is 18.9 Å². The summed E-state index contributed by atoms with van der Waals surface area (Å²) in [6.45, 7) is 1.01. The molecule has 5 aromatic rings. The number of H-pyrrole nitrogens is 1. The summed E-state index contributed by atoms with van der Waals surface area (Å²) in [5, 5.41) is 15.2. The summed E-state index contributed by atoms with van der Waals surface area (Å²) in [6, 6.07) is 17.2. The Balaban J connectivity index is 1.39. The molecule has 3 aromatic heterocycles. The number of hydrogen-bond donors (Lipinski definition) is 2. The molecular formula is C27H27N9O2. The third-order valence-electron chi connectivity index (χ3n) is 6.63. The van der Waals surface area contributed by atoms with E-state index in [9.17, 15) is 4.79 Å². The number of likely N-dealkylation sites (N-methyl/N-ethyl adjacent to an activating group) is 1. The Kier molecular flexibility index (Phi) is 6.26. The van der Waals surface area contributed by atoms with E-state index in [2.05, 4.69) is 36.8 Å². The molecule has 1 unspecified atom stereocenters. The predicted octanol–water partition coefficient (Wildman–Crippen LogP) is 3.49. The topological polar surface area (TPSA) is 127 Å². The molecule has 0 saturated carbocycles. The number of carbonyl (C=O) groups is 1. The van der Waals surface area contributed by atoms with Gasteiger partial charge in [-0.25, -0.2) is 4.98 Å². The molecule has 1 amide bonds. The largest absolute Gasteiger partial charge is 0.457 e. The quantitative estimate of drug-likeness (QED) is 0.341. The number of amides is 1. The lowest BCUT2D eigenvalue weighted by atomic mass is 10.0. The van der Waals surface area contributed by atoms with Crippen molar-refractivity contribution in [1.29, 1.82) is 0 Å². The maximum absolute atomic E-state index is 12.9. The van der Waals surface area contributed by atoms with Crippen LogP contribution < -0.4 is 10.1 Å². The molecule has 1 fully saturated rings. The van der Waals surface area contributed by atoms with E-state index in [-0.39, 0.29) is 11.9 Å². The third-order valence-corrected chi connectivity index (χ3v) is 6.63. The van der Waals surface area contributed by atoms with Gasteiger partial charge >= 0.3 is 0 Å². The monoisotopic (exact) mass is 509 g/mol. The minimum absolute atomic E-state index is 0.0701. The summed E-state index contributed by atoms with van der Waals surface area (Å²) < 4.78 is 6.44. The molecule has 1 aliphatic heterocycles. The lowest BCUT2D eigenvalue weighted by Gasteiger charge is -2.26. The second-order valence-corrected chi connectivity index (χ2v) is 9.21. The molecule has 6 rings (SSSR count). The average molecular weight is 510 g/mol. The molecule has 1 atom stereocenters. The molecule has 4 heterocycles. The Morgan fingerprint density at radius 3 is 2.79 bits per heavy atom. The van der Waals surface area contributed by atoms with Crippen LogP contribution in [0.4, 0.5) is 0 Å². The van der Waals surface area contributed by atoms with Crippen LogP contribution in [0.15, 0.2) is 60.8 Å². The predicted molar refractivity (Wildman–Crippen MR) is 141 cm³/mol. The lowest BCUT2D eigenvalue weighted by molar-refractivity contribution is -0.131. The second kappa shape index (κ2) is 10.0. The van der Waals surface area contributed by atoms with Gasteiger partial charge in [0.05, 0.1) is 30.7 Å². The van der Waals surface area contributed by atoms with Gasteiger partial charge < -0.3 is 19.9 Å². The van der Waals surface area contributed by atoms with Crippen molar-refractivity contribution in [3.05, 3.63) is 66.4 Å². The second-order valence-electron chi connectivity index (χ2n) is 9.21. The number of likely N-dealkylation sites (tertiary alicyclic amines) is 1. The Bertz CT molecular complexity index is 1580. The molecule has 0 spiro atoms. The fourth-order valence-corrected chi connectivity index (χ4v) is 4.87. The fraction of sp³-hybridized carbons (Fsp3) is 0.259. The number of nitrogens with one attached hydrogen (secondary N) is 2. The number of carbonyl (C=O) groups excluding carboxylic acids is 1. The molecule has 0 bridgehead atoms. The normalized spacial score (nSPS) is 15.3. The Labute approximate surface area is 218 Å². The van der Waals surface area contributed by atoms with Crippen molar-refractivity contribution in [3.63, 3.8) is 0 Å². The number of ether oxygens (including phenoxy) is 1. The van der Waals surface area contributed by atoms with E-state index in [1.165, 1.54) is 4.80 Å². The number of benzene rings is 2. The van der Waals surface area contributed by atoms with Gasteiger partial charge in [-0.05, 0) is 67.6 Å². The van der Waals surface area contributed by atoms with Crippen LogP contribution >= 0.6 is 0 Å². The zero-order valence-corrected chi connectivity index (χ0v) is 21.1. The number of nitrogens with zero attached hydrogens (tertiary/aromatic N) is 7. The summed E-state index contributed by atoms with van der Waals surface area (Å²) in [6.07, 6.45) is 3.53. The highest BCUT2D eigenvalue weighted by Crippen LogP contribution is 2.41. The number of rotatable bonds is 7. The van der Waals surface area contributed by atoms with Crippen LogP contribution in [0.1, 0.15) is 24.4 Å². The van der Waals surface area contributed by atoms with Gasteiger partial charge in [-0.2, -0.15) is 4.80 Å².